The molecule has 0 saturated carbocycles. The molecule has 0 unspecified atom stereocenters. The van der Waals surface area contributed by atoms with Gasteiger partial charge >= 0.3 is 5.97 Å². The quantitative estimate of drug-likeness (QED) is 0.631. The standard InChI is InChI=1S/C14H17NO4S/c1-4-9-19-14(16)7-8-15-20(17,18)13-6-5-11(2)12(3)10-13/h1,5-6,10,15H,7-9H2,2-3H3. The molecule has 0 aliphatic heterocycles. The molecule has 0 aliphatic rings. The van der Waals surface area contributed by atoms with Gasteiger partial charge < -0.3 is 4.74 Å². The summed E-state index contributed by atoms with van der Waals surface area (Å²) in [6, 6.07) is 4.86. The maximum Gasteiger partial charge on any atom is 0.308 e. The zero-order valence-corrected chi connectivity index (χ0v) is 12.3. The summed E-state index contributed by atoms with van der Waals surface area (Å²) in [6.07, 6.45) is 4.87. The fourth-order valence-electron chi connectivity index (χ4n) is 1.45. The van der Waals surface area contributed by atoms with E-state index in [4.69, 9.17) is 6.42 Å². The average molecular weight is 295 g/mol. The van der Waals surface area contributed by atoms with E-state index in [0.29, 0.717) is 0 Å². The minimum atomic E-state index is -3.61. The molecule has 0 saturated heterocycles. The van der Waals surface area contributed by atoms with Gasteiger partial charge in [-0.15, -0.1) is 6.42 Å². The normalized spacial score (nSPS) is 10.8. The molecule has 0 fully saturated rings. The van der Waals surface area contributed by atoms with Crippen LogP contribution < -0.4 is 4.72 Å². The number of nitrogens with one attached hydrogen (secondary N) is 1. The van der Waals surface area contributed by atoms with E-state index < -0.39 is 16.0 Å². The van der Waals surface area contributed by atoms with E-state index in [0.717, 1.165) is 11.1 Å². The van der Waals surface area contributed by atoms with E-state index >= 15 is 0 Å². The number of terminal acetylenes is 1. The van der Waals surface area contributed by atoms with Gasteiger partial charge in [-0.05, 0) is 37.1 Å². The molecule has 1 N–H and O–H groups in total. The largest absolute Gasteiger partial charge is 0.452 e. The van der Waals surface area contributed by atoms with Crippen LogP contribution in [-0.4, -0.2) is 27.5 Å². The highest BCUT2D eigenvalue weighted by molar-refractivity contribution is 7.89. The number of hydrogen-bond donors (Lipinski definition) is 1. The topological polar surface area (TPSA) is 72.5 Å². The Balaban J connectivity index is 2.60. The molecule has 5 nitrogen and oxygen atoms in total. The first-order valence-electron chi connectivity index (χ1n) is 6.03. The summed E-state index contributed by atoms with van der Waals surface area (Å²) in [4.78, 5) is 11.3. The third kappa shape index (κ3) is 4.68. The van der Waals surface area contributed by atoms with Crippen LogP contribution in [0.2, 0.25) is 0 Å². The Kier molecular flexibility index (Phi) is 5.74. The molecule has 0 amide bonds. The molecule has 0 spiro atoms. The molecule has 20 heavy (non-hydrogen) atoms. The zero-order valence-electron chi connectivity index (χ0n) is 11.5. The number of aryl methyl sites for hydroxylation is 2. The van der Waals surface area contributed by atoms with Gasteiger partial charge in [0.1, 0.15) is 0 Å². The van der Waals surface area contributed by atoms with Crippen LogP contribution in [0, 0.1) is 26.2 Å². The smallest absolute Gasteiger partial charge is 0.308 e. The van der Waals surface area contributed by atoms with Crippen LogP contribution in [0.4, 0.5) is 0 Å². The van der Waals surface area contributed by atoms with Crippen molar-refractivity contribution in [1.29, 1.82) is 0 Å². The van der Waals surface area contributed by atoms with Gasteiger partial charge in [0.05, 0.1) is 11.3 Å². The van der Waals surface area contributed by atoms with Gasteiger partial charge in [0.2, 0.25) is 10.0 Å². The van der Waals surface area contributed by atoms with Crippen molar-refractivity contribution in [2.45, 2.75) is 25.2 Å². The highest BCUT2D eigenvalue weighted by Gasteiger charge is 2.15. The fourth-order valence-corrected chi connectivity index (χ4v) is 2.56. The first-order valence-corrected chi connectivity index (χ1v) is 7.51. The van der Waals surface area contributed by atoms with Gasteiger partial charge in [0, 0.05) is 6.54 Å². The minimum absolute atomic E-state index is 0.0291. The van der Waals surface area contributed by atoms with Crippen LogP contribution in [0.3, 0.4) is 0 Å². The molecule has 0 bridgehead atoms. The van der Waals surface area contributed by atoms with E-state index in [1.54, 1.807) is 12.1 Å². The Bertz CT molecular complexity index is 629. The van der Waals surface area contributed by atoms with Crippen molar-refractivity contribution < 1.29 is 17.9 Å². The Morgan fingerprint density at radius 1 is 1.35 bits per heavy atom. The molecular weight excluding hydrogens is 278 g/mol. The molecule has 1 aromatic carbocycles. The van der Waals surface area contributed by atoms with E-state index in [1.165, 1.54) is 6.07 Å². The number of rotatable bonds is 6. The lowest BCUT2D eigenvalue weighted by Crippen LogP contribution is -2.27. The summed E-state index contributed by atoms with van der Waals surface area (Å²) in [5.74, 6) is 1.62. The van der Waals surface area contributed by atoms with Crippen LogP contribution >= 0.6 is 0 Å². The number of esters is 1. The summed E-state index contributed by atoms with van der Waals surface area (Å²) >= 11 is 0. The highest BCUT2D eigenvalue weighted by atomic mass is 32.2. The molecule has 0 aliphatic carbocycles. The second-order valence-corrected chi connectivity index (χ2v) is 6.03. The van der Waals surface area contributed by atoms with Crippen molar-refractivity contribution in [3.8, 4) is 12.3 Å². The van der Waals surface area contributed by atoms with Crippen molar-refractivity contribution >= 4 is 16.0 Å². The Morgan fingerprint density at radius 2 is 2.05 bits per heavy atom. The van der Waals surface area contributed by atoms with Gasteiger partial charge in [-0.3, -0.25) is 4.79 Å². The van der Waals surface area contributed by atoms with E-state index in [2.05, 4.69) is 15.4 Å². The lowest BCUT2D eigenvalue weighted by molar-refractivity contribution is -0.141. The van der Waals surface area contributed by atoms with Gasteiger partial charge in [-0.25, -0.2) is 13.1 Å². The molecule has 0 aromatic heterocycles. The minimum Gasteiger partial charge on any atom is -0.452 e. The summed E-state index contributed by atoms with van der Waals surface area (Å²) in [5.41, 5.74) is 1.91. The van der Waals surface area contributed by atoms with Crippen LogP contribution in [0.25, 0.3) is 0 Å². The van der Waals surface area contributed by atoms with Crippen LogP contribution in [-0.2, 0) is 19.6 Å². The molecular formula is C14H17NO4S. The van der Waals surface area contributed by atoms with Gasteiger partial charge in [0.15, 0.2) is 6.61 Å². The number of carbonyl (C=O) groups is 1. The maximum absolute atomic E-state index is 12.0. The van der Waals surface area contributed by atoms with E-state index in [1.807, 2.05) is 13.8 Å². The predicted molar refractivity (Wildman–Crippen MR) is 75.5 cm³/mol. The molecule has 6 heteroatoms. The molecule has 1 rings (SSSR count). The predicted octanol–water partition coefficient (Wildman–Crippen LogP) is 1.15. The molecule has 108 valence electrons. The Hall–Kier alpha value is -1.84. The summed E-state index contributed by atoms with van der Waals surface area (Å²) < 4.78 is 31.0. The number of benzene rings is 1. The zero-order chi connectivity index (χ0) is 15.2. The maximum atomic E-state index is 12.0. The number of ether oxygens (including phenoxy) is 1. The Labute approximate surface area is 119 Å². The van der Waals surface area contributed by atoms with Crippen molar-refractivity contribution in [2.75, 3.05) is 13.2 Å². The third-order valence-electron chi connectivity index (χ3n) is 2.73. The second kappa shape index (κ2) is 7.08. The number of carbonyl (C=O) groups excluding carboxylic acids is 1. The first-order chi connectivity index (χ1) is 9.36. The van der Waals surface area contributed by atoms with Crippen molar-refractivity contribution in [3.05, 3.63) is 29.3 Å². The van der Waals surface area contributed by atoms with Gasteiger partial charge in [-0.1, -0.05) is 12.0 Å². The summed E-state index contributed by atoms with van der Waals surface area (Å²) in [6.45, 7) is 3.60. The van der Waals surface area contributed by atoms with Crippen LogP contribution in [0.15, 0.2) is 23.1 Å². The highest BCUT2D eigenvalue weighted by Crippen LogP contribution is 2.14. The van der Waals surface area contributed by atoms with Crippen molar-refractivity contribution in [3.63, 3.8) is 0 Å². The number of hydrogen-bond acceptors (Lipinski definition) is 4. The number of sulfonamides is 1. The van der Waals surface area contributed by atoms with Gasteiger partial charge in [0.25, 0.3) is 0 Å². The van der Waals surface area contributed by atoms with E-state index in [-0.39, 0.29) is 24.5 Å². The lowest BCUT2D eigenvalue weighted by atomic mass is 10.1. The van der Waals surface area contributed by atoms with E-state index in [9.17, 15) is 13.2 Å². The molecule has 1 aromatic rings. The second-order valence-electron chi connectivity index (χ2n) is 4.26. The SMILES string of the molecule is C#CCOC(=O)CCNS(=O)(=O)c1ccc(C)c(C)c1. The monoisotopic (exact) mass is 295 g/mol. The third-order valence-corrected chi connectivity index (χ3v) is 4.19. The lowest BCUT2D eigenvalue weighted by Gasteiger charge is -2.08. The molecule has 0 atom stereocenters. The fraction of sp³-hybridized carbons (Fsp3) is 0.357. The van der Waals surface area contributed by atoms with Crippen LogP contribution in [0.5, 0.6) is 0 Å². The summed E-state index contributed by atoms with van der Waals surface area (Å²) in [7, 11) is -3.61. The molecule has 0 heterocycles. The molecule has 0 radical (unpaired) electrons. The van der Waals surface area contributed by atoms with Crippen molar-refractivity contribution in [2.24, 2.45) is 0 Å². The van der Waals surface area contributed by atoms with Gasteiger partial charge in [-0.2, -0.15) is 0 Å². The van der Waals surface area contributed by atoms with Crippen LogP contribution in [0.1, 0.15) is 17.5 Å². The summed E-state index contributed by atoms with van der Waals surface area (Å²) in [5, 5.41) is 0. The Morgan fingerprint density at radius 3 is 2.65 bits per heavy atom. The average Bonchev–Trinajstić information content (AvgIpc) is 2.39. The van der Waals surface area contributed by atoms with Crippen molar-refractivity contribution in [1.82, 2.24) is 4.72 Å². The first kappa shape index (κ1) is 16.2.